The van der Waals surface area contributed by atoms with Gasteiger partial charge in [-0.1, -0.05) is 23.2 Å². The Hall–Kier alpha value is -1.17. The SMILES string of the molecule is Cc1cnn(CC(=O)c2cc(Cl)sc2Cl)c(=O)c1. The van der Waals surface area contributed by atoms with Crippen molar-refractivity contribution in [3.8, 4) is 0 Å². The summed E-state index contributed by atoms with van der Waals surface area (Å²) in [5, 5.41) is 3.89. The van der Waals surface area contributed by atoms with Crippen LogP contribution in [0.2, 0.25) is 8.67 Å². The van der Waals surface area contributed by atoms with Gasteiger partial charge in [0, 0.05) is 6.07 Å². The largest absolute Gasteiger partial charge is 0.292 e. The van der Waals surface area contributed by atoms with Gasteiger partial charge in [-0.15, -0.1) is 11.3 Å². The lowest BCUT2D eigenvalue weighted by atomic mass is 10.2. The van der Waals surface area contributed by atoms with Crippen molar-refractivity contribution in [1.82, 2.24) is 9.78 Å². The molecule has 0 fully saturated rings. The van der Waals surface area contributed by atoms with Crippen LogP contribution in [0.15, 0.2) is 23.1 Å². The van der Waals surface area contributed by atoms with Gasteiger partial charge in [-0.2, -0.15) is 5.10 Å². The molecule has 0 bridgehead atoms. The van der Waals surface area contributed by atoms with E-state index in [1.807, 2.05) is 0 Å². The van der Waals surface area contributed by atoms with Crippen LogP contribution in [-0.2, 0) is 6.54 Å². The molecular weight excluding hydrogens is 295 g/mol. The number of aromatic nitrogens is 2. The van der Waals surface area contributed by atoms with Crippen molar-refractivity contribution in [3.63, 3.8) is 0 Å². The summed E-state index contributed by atoms with van der Waals surface area (Å²) in [6.07, 6.45) is 1.52. The molecule has 2 aromatic heterocycles. The molecule has 0 aromatic carbocycles. The van der Waals surface area contributed by atoms with E-state index < -0.39 is 0 Å². The summed E-state index contributed by atoms with van der Waals surface area (Å²) in [5.41, 5.74) is 0.752. The third kappa shape index (κ3) is 2.80. The van der Waals surface area contributed by atoms with Crippen LogP contribution in [0.1, 0.15) is 15.9 Å². The number of nitrogens with zero attached hydrogens (tertiary/aromatic N) is 2. The van der Waals surface area contributed by atoms with Gasteiger partial charge in [-0.3, -0.25) is 9.59 Å². The summed E-state index contributed by atoms with van der Waals surface area (Å²) in [7, 11) is 0. The zero-order chi connectivity index (χ0) is 13.3. The van der Waals surface area contributed by atoms with Crippen LogP contribution < -0.4 is 5.56 Å². The number of halogens is 2. The molecule has 0 amide bonds. The van der Waals surface area contributed by atoms with E-state index in [1.54, 1.807) is 6.92 Å². The van der Waals surface area contributed by atoms with Crippen LogP contribution >= 0.6 is 34.5 Å². The fourth-order valence-corrected chi connectivity index (χ4v) is 2.89. The van der Waals surface area contributed by atoms with Crippen LogP contribution in [-0.4, -0.2) is 15.6 Å². The molecule has 0 aliphatic heterocycles. The molecule has 0 N–H and O–H groups in total. The molecule has 0 spiro atoms. The molecule has 0 saturated heterocycles. The van der Waals surface area contributed by atoms with E-state index in [2.05, 4.69) is 5.10 Å². The Morgan fingerprint density at radius 1 is 1.44 bits per heavy atom. The van der Waals surface area contributed by atoms with Crippen molar-refractivity contribution < 1.29 is 4.79 Å². The molecule has 2 rings (SSSR count). The second-order valence-electron chi connectivity index (χ2n) is 3.69. The minimum absolute atomic E-state index is 0.147. The third-order valence-corrected chi connectivity index (χ3v) is 3.74. The van der Waals surface area contributed by atoms with Gasteiger partial charge in [0.15, 0.2) is 5.78 Å². The molecule has 0 saturated carbocycles. The molecule has 7 heteroatoms. The van der Waals surface area contributed by atoms with Gasteiger partial charge in [0.05, 0.1) is 16.1 Å². The van der Waals surface area contributed by atoms with Gasteiger partial charge in [-0.05, 0) is 18.6 Å². The van der Waals surface area contributed by atoms with Crippen LogP contribution in [0.3, 0.4) is 0 Å². The van der Waals surface area contributed by atoms with Gasteiger partial charge in [0.25, 0.3) is 5.56 Å². The molecule has 0 aliphatic carbocycles. The second kappa shape index (κ2) is 5.22. The first-order valence-electron chi connectivity index (χ1n) is 4.99. The highest BCUT2D eigenvalue weighted by atomic mass is 35.5. The molecule has 0 unspecified atom stereocenters. The Kier molecular flexibility index (Phi) is 3.85. The molecule has 2 heterocycles. The van der Waals surface area contributed by atoms with E-state index in [4.69, 9.17) is 23.2 Å². The molecule has 4 nitrogen and oxygen atoms in total. The molecule has 0 radical (unpaired) electrons. The number of Topliss-reactive ketones (excluding diaryl/α,β-unsaturated/α-hetero) is 1. The average molecular weight is 303 g/mol. The minimum atomic E-state index is -0.319. The fraction of sp³-hybridized carbons (Fsp3) is 0.182. The highest BCUT2D eigenvalue weighted by Crippen LogP contribution is 2.31. The van der Waals surface area contributed by atoms with Crippen LogP contribution in [0.5, 0.6) is 0 Å². The first-order chi connectivity index (χ1) is 8.47. The van der Waals surface area contributed by atoms with Crippen molar-refractivity contribution in [3.05, 3.63) is 48.5 Å². The standard InChI is InChI=1S/C11H8Cl2N2O2S/c1-6-2-10(17)15(14-4-6)5-8(16)7-3-9(12)18-11(7)13/h2-4H,5H2,1H3. The van der Waals surface area contributed by atoms with Crippen LogP contribution in [0.25, 0.3) is 0 Å². The normalized spacial score (nSPS) is 10.6. The number of aryl methyl sites for hydroxylation is 1. The second-order valence-corrected chi connectivity index (χ2v) is 5.98. The molecule has 0 atom stereocenters. The minimum Gasteiger partial charge on any atom is -0.292 e. The van der Waals surface area contributed by atoms with Crippen LogP contribution in [0, 0.1) is 6.92 Å². The fourth-order valence-electron chi connectivity index (χ4n) is 1.39. The maximum atomic E-state index is 11.9. The van der Waals surface area contributed by atoms with Gasteiger partial charge in [-0.25, -0.2) is 4.68 Å². The molecule has 0 aliphatic rings. The molecular formula is C11H8Cl2N2O2S. The lowest BCUT2D eigenvalue weighted by Crippen LogP contribution is -2.26. The Balaban J connectivity index is 2.27. The zero-order valence-corrected chi connectivity index (χ0v) is 11.6. The first-order valence-corrected chi connectivity index (χ1v) is 6.56. The highest BCUT2D eigenvalue weighted by Gasteiger charge is 2.15. The van der Waals surface area contributed by atoms with E-state index >= 15 is 0 Å². The van der Waals surface area contributed by atoms with E-state index in [-0.39, 0.29) is 17.9 Å². The summed E-state index contributed by atoms with van der Waals surface area (Å²) < 4.78 is 1.86. The predicted molar refractivity (Wildman–Crippen MR) is 71.9 cm³/mol. The number of hydrogen-bond acceptors (Lipinski definition) is 4. The topological polar surface area (TPSA) is 52.0 Å². The first kappa shape index (κ1) is 13.3. The monoisotopic (exact) mass is 302 g/mol. The van der Waals surface area contributed by atoms with Crippen molar-refractivity contribution in [2.24, 2.45) is 0 Å². The van der Waals surface area contributed by atoms with Crippen LogP contribution in [0.4, 0.5) is 0 Å². The van der Waals surface area contributed by atoms with E-state index in [1.165, 1.54) is 18.3 Å². The summed E-state index contributed by atoms with van der Waals surface area (Å²) >= 11 is 12.8. The maximum Gasteiger partial charge on any atom is 0.267 e. The predicted octanol–water partition coefficient (Wildman–Crippen LogP) is 2.80. The van der Waals surface area contributed by atoms with Crippen molar-refractivity contribution >= 4 is 40.3 Å². The number of thiophene rings is 1. The van der Waals surface area contributed by atoms with Gasteiger partial charge in [0.2, 0.25) is 0 Å². The third-order valence-electron chi connectivity index (χ3n) is 2.26. The number of ketones is 1. The van der Waals surface area contributed by atoms with Gasteiger partial charge >= 0.3 is 0 Å². The average Bonchev–Trinajstić information content (AvgIpc) is 2.62. The quantitative estimate of drug-likeness (QED) is 0.819. The number of hydrogen-bond donors (Lipinski definition) is 0. The highest BCUT2D eigenvalue weighted by molar-refractivity contribution is 7.20. The Morgan fingerprint density at radius 3 is 2.72 bits per heavy atom. The summed E-state index contributed by atoms with van der Waals surface area (Å²) in [6.45, 7) is 1.61. The van der Waals surface area contributed by atoms with E-state index in [0.717, 1.165) is 21.6 Å². The van der Waals surface area contributed by atoms with Crippen molar-refractivity contribution in [2.45, 2.75) is 13.5 Å². The van der Waals surface area contributed by atoms with E-state index in [9.17, 15) is 9.59 Å². The maximum absolute atomic E-state index is 11.9. The Labute approximate surface area is 117 Å². The van der Waals surface area contributed by atoms with Crippen molar-refractivity contribution in [1.29, 1.82) is 0 Å². The number of rotatable bonds is 3. The summed E-state index contributed by atoms with van der Waals surface area (Å²) in [4.78, 5) is 23.5. The molecule has 94 valence electrons. The number of carbonyl (C=O) groups is 1. The van der Waals surface area contributed by atoms with Crippen molar-refractivity contribution in [2.75, 3.05) is 0 Å². The lowest BCUT2D eigenvalue weighted by molar-refractivity contribution is 0.0966. The Morgan fingerprint density at radius 2 is 2.17 bits per heavy atom. The van der Waals surface area contributed by atoms with Gasteiger partial charge < -0.3 is 0 Å². The number of carbonyl (C=O) groups excluding carboxylic acids is 1. The Bertz CT molecular complexity index is 663. The van der Waals surface area contributed by atoms with Gasteiger partial charge in [0.1, 0.15) is 10.9 Å². The lowest BCUT2D eigenvalue weighted by Gasteiger charge is -2.02. The molecule has 18 heavy (non-hydrogen) atoms. The molecule has 2 aromatic rings. The summed E-state index contributed by atoms with van der Waals surface area (Å²) in [6, 6.07) is 2.92. The van der Waals surface area contributed by atoms with E-state index in [0.29, 0.717) is 14.2 Å². The summed E-state index contributed by atoms with van der Waals surface area (Å²) in [5.74, 6) is -0.290. The zero-order valence-electron chi connectivity index (χ0n) is 9.31. The smallest absolute Gasteiger partial charge is 0.267 e.